The van der Waals surface area contributed by atoms with E-state index in [1.165, 1.54) is 6.07 Å². The first-order valence-electron chi connectivity index (χ1n) is 9.62. The zero-order valence-electron chi connectivity index (χ0n) is 15.9. The molecule has 3 aromatic rings. The quantitative estimate of drug-likeness (QED) is 0.540. The van der Waals surface area contributed by atoms with Crippen molar-refractivity contribution >= 4 is 38.6 Å². The largest absolute Gasteiger partial charge is 0.319 e. The lowest BCUT2D eigenvalue weighted by molar-refractivity contribution is 0.102. The van der Waals surface area contributed by atoms with Gasteiger partial charge in [-0.2, -0.15) is 5.10 Å². The number of carbonyl (C=O) groups excluding carboxylic acids is 1. The maximum atomic E-state index is 14.2. The molecular weight excluding hydrogens is 423 g/mol. The standard InChI is InChI=1S/C21H22BrFN4O/c1-3-4-9-27-20-19(12(2)26-27)15(11-18(24-20)13-5-6-13)21(28)25-17-8-7-14(22)10-16(17)23/h7-8,10-11,13H,3-6,9H2,1-2H3,(H,25,28). The Kier molecular flexibility index (Phi) is 5.19. The van der Waals surface area contributed by atoms with Crippen molar-refractivity contribution in [3.8, 4) is 0 Å². The Bertz CT molecular complexity index is 1060. The fraction of sp³-hybridized carbons (Fsp3) is 0.381. The van der Waals surface area contributed by atoms with Crippen LogP contribution in [0.15, 0.2) is 28.7 Å². The molecule has 1 saturated carbocycles. The van der Waals surface area contributed by atoms with E-state index in [9.17, 15) is 9.18 Å². The third kappa shape index (κ3) is 3.68. The van der Waals surface area contributed by atoms with E-state index in [0.29, 0.717) is 16.0 Å². The van der Waals surface area contributed by atoms with Gasteiger partial charge in [-0.3, -0.25) is 4.79 Å². The van der Waals surface area contributed by atoms with E-state index in [1.807, 2.05) is 17.7 Å². The van der Waals surface area contributed by atoms with Gasteiger partial charge in [0.25, 0.3) is 5.91 Å². The van der Waals surface area contributed by atoms with E-state index in [1.54, 1.807) is 12.1 Å². The first-order chi connectivity index (χ1) is 13.5. The molecule has 0 saturated heterocycles. The predicted octanol–water partition coefficient (Wildman–Crippen LogP) is 5.57. The number of rotatable bonds is 6. The summed E-state index contributed by atoms with van der Waals surface area (Å²) in [5.41, 5.74) is 3.10. The van der Waals surface area contributed by atoms with E-state index in [2.05, 4.69) is 33.3 Å². The Labute approximate surface area is 171 Å². The Balaban J connectivity index is 1.78. The molecule has 0 bridgehead atoms. The van der Waals surface area contributed by atoms with E-state index in [-0.39, 0.29) is 11.6 Å². The van der Waals surface area contributed by atoms with Gasteiger partial charge in [0.15, 0.2) is 5.65 Å². The lowest BCUT2D eigenvalue weighted by Crippen LogP contribution is -2.15. The highest BCUT2D eigenvalue weighted by atomic mass is 79.9. The third-order valence-electron chi connectivity index (χ3n) is 5.04. The number of hydrogen-bond donors (Lipinski definition) is 1. The van der Waals surface area contributed by atoms with Crippen LogP contribution < -0.4 is 5.32 Å². The number of anilines is 1. The summed E-state index contributed by atoms with van der Waals surface area (Å²) in [4.78, 5) is 17.9. The van der Waals surface area contributed by atoms with Gasteiger partial charge < -0.3 is 5.32 Å². The summed E-state index contributed by atoms with van der Waals surface area (Å²) in [5.74, 6) is -0.422. The number of nitrogens with one attached hydrogen (secondary N) is 1. The minimum Gasteiger partial charge on any atom is -0.319 e. The molecule has 7 heteroatoms. The summed E-state index contributed by atoms with van der Waals surface area (Å²) in [6.07, 6.45) is 4.22. The van der Waals surface area contributed by atoms with Crippen LogP contribution in [0.25, 0.3) is 11.0 Å². The molecule has 0 unspecified atom stereocenters. The number of amides is 1. The molecular formula is C21H22BrFN4O. The summed E-state index contributed by atoms with van der Waals surface area (Å²) < 4.78 is 16.7. The van der Waals surface area contributed by atoms with Crippen LogP contribution in [0.3, 0.4) is 0 Å². The molecule has 2 aromatic heterocycles. The van der Waals surface area contributed by atoms with Gasteiger partial charge in [0.05, 0.1) is 22.3 Å². The Morgan fingerprint density at radius 3 is 2.82 bits per heavy atom. The van der Waals surface area contributed by atoms with Crippen molar-refractivity contribution < 1.29 is 9.18 Å². The highest BCUT2D eigenvalue weighted by molar-refractivity contribution is 9.10. The number of fused-ring (bicyclic) bond motifs is 1. The second-order valence-electron chi connectivity index (χ2n) is 7.31. The molecule has 0 spiro atoms. The molecule has 1 aliphatic rings. The SMILES string of the molecule is CCCCn1nc(C)c2c(C(=O)Nc3ccc(Br)cc3F)cc(C3CC3)nc21. The molecule has 5 nitrogen and oxygen atoms in total. The molecule has 1 amide bonds. The van der Waals surface area contributed by atoms with Gasteiger partial charge in [-0.25, -0.2) is 14.1 Å². The van der Waals surface area contributed by atoms with Crippen LogP contribution in [-0.4, -0.2) is 20.7 Å². The highest BCUT2D eigenvalue weighted by Gasteiger charge is 2.29. The van der Waals surface area contributed by atoms with E-state index >= 15 is 0 Å². The van der Waals surface area contributed by atoms with Crippen LogP contribution in [0.5, 0.6) is 0 Å². The van der Waals surface area contributed by atoms with Gasteiger partial charge in [-0.15, -0.1) is 0 Å². The number of hydrogen-bond acceptors (Lipinski definition) is 3. The number of nitrogens with zero attached hydrogens (tertiary/aromatic N) is 3. The average Bonchev–Trinajstić information content (AvgIpc) is 3.47. The first kappa shape index (κ1) is 19.1. The van der Waals surface area contributed by atoms with Crippen molar-refractivity contribution in [3.63, 3.8) is 0 Å². The summed E-state index contributed by atoms with van der Waals surface area (Å²) >= 11 is 3.23. The van der Waals surface area contributed by atoms with Gasteiger partial charge in [0.1, 0.15) is 5.82 Å². The lowest BCUT2D eigenvalue weighted by atomic mass is 10.1. The molecule has 1 aliphatic carbocycles. The second-order valence-corrected chi connectivity index (χ2v) is 8.22. The normalized spacial score (nSPS) is 13.9. The Hall–Kier alpha value is -2.28. The van der Waals surface area contributed by atoms with Crippen molar-refractivity contribution in [2.24, 2.45) is 0 Å². The fourth-order valence-corrected chi connectivity index (χ4v) is 3.72. The van der Waals surface area contributed by atoms with Crippen molar-refractivity contribution in [3.05, 3.63) is 51.5 Å². The number of unbranched alkanes of at least 4 members (excludes halogenated alkanes) is 1. The second kappa shape index (κ2) is 7.62. The summed E-state index contributed by atoms with van der Waals surface area (Å²) in [7, 11) is 0. The van der Waals surface area contributed by atoms with E-state index < -0.39 is 5.82 Å². The molecule has 1 aromatic carbocycles. The van der Waals surface area contributed by atoms with Crippen LogP contribution in [0, 0.1) is 12.7 Å². The molecule has 1 N–H and O–H groups in total. The maximum absolute atomic E-state index is 14.2. The van der Waals surface area contributed by atoms with Crippen molar-refractivity contribution in [1.29, 1.82) is 0 Å². The maximum Gasteiger partial charge on any atom is 0.256 e. The molecule has 4 rings (SSSR count). The number of carbonyl (C=O) groups is 1. The topological polar surface area (TPSA) is 59.8 Å². The van der Waals surface area contributed by atoms with Crippen LogP contribution in [0.1, 0.15) is 60.3 Å². The monoisotopic (exact) mass is 444 g/mol. The smallest absolute Gasteiger partial charge is 0.256 e. The number of halogens is 2. The summed E-state index contributed by atoms with van der Waals surface area (Å²) in [6.45, 7) is 4.79. The minimum absolute atomic E-state index is 0.155. The highest BCUT2D eigenvalue weighted by Crippen LogP contribution is 2.40. The number of benzene rings is 1. The zero-order chi connectivity index (χ0) is 19.8. The molecule has 0 radical (unpaired) electrons. The van der Waals surface area contributed by atoms with Crippen molar-refractivity contribution in [2.75, 3.05) is 5.32 Å². The molecule has 28 heavy (non-hydrogen) atoms. The minimum atomic E-state index is -0.481. The fourth-order valence-electron chi connectivity index (χ4n) is 3.38. The molecule has 0 atom stereocenters. The van der Waals surface area contributed by atoms with Crippen LogP contribution in [0.4, 0.5) is 10.1 Å². The Morgan fingerprint density at radius 1 is 1.36 bits per heavy atom. The van der Waals surface area contributed by atoms with Gasteiger partial charge >= 0.3 is 0 Å². The number of aryl methyl sites for hydroxylation is 2. The van der Waals surface area contributed by atoms with Gasteiger partial charge in [-0.05, 0) is 50.5 Å². The number of pyridine rings is 1. The lowest BCUT2D eigenvalue weighted by Gasteiger charge is -2.10. The first-order valence-corrected chi connectivity index (χ1v) is 10.4. The van der Waals surface area contributed by atoms with Crippen LogP contribution in [-0.2, 0) is 6.54 Å². The average molecular weight is 445 g/mol. The molecule has 0 aliphatic heterocycles. The summed E-state index contributed by atoms with van der Waals surface area (Å²) in [6, 6.07) is 6.44. The van der Waals surface area contributed by atoms with E-state index in [0.717, 1.165) is 54.6 Å². The van der Waals surface area contributed by atoms with Gasteiger partial charge in [-0.1, -0.05) is 29.3 Å². The van der Waals surface area contributed by atoms with E-state index in [4.69, 9.17) is 4.98 Å². The predicted molar refractivity (Wildman–Crippen MR) is 111 cm³/mol. The third-order valence-corrected chi connectivity index (χ3v) is 5.53. The molecule has 1 fully saturated rings. The van der Waals surface area contributed by atoms with Gasteiger partial charge in [0.2, 0.25) is 0 Å². The molecule has 2 heterocycles. The van der Waals surface area contributed by atoms with Crippen LogP contribution >= 0.6 is 15.9 Å². The number of aromatic nitrogens is 3. The van der Waals surface area contributed by atoms with Crippen molar-refractivity contribution in [2.45, 2.75) is 52.0 Å². The molecule has 146 valence electrons. The van der Waals surface area contributed by atoms with Crippen LogP contribution in [0.2, 0.25) is 0 Å². The van der Waals surface area contributed by atoms with Gasteiger partial charge in [0, 0.05) is 22.6 Å². The Morgan fingerprint density at radius 2 is 2.14 bits per heavy atom. The zero-order valence-corrected chi connectivity index (χ0v) is 17.5. The van der Waals surface area contributed by atoms with Crippen molar-refractivity contribution in [1.82, 2.24) is 14.8 Å². The summed E-state index contributed by atoms with van der Waals surface area (Å²) in [5, 5.41) is 8.08.